The number of allylic oxidation sites excluding steroid dienone is 1. The molecule has 0 spiro atoms. The number of nitrogens with one attached hydrogen (secondary N) is 1. The Morgan fingerprint density at radius 1 is 1.08 bits per heavy atom. The molecular weight excluding hydrogens is 316 g/mol. The summed E-state index contributed by atoms with van der Waals surface area (Å²) in [5.74, 6) is 0.615. The number of nitrogens with zero attached hydrogens (tertiary/aromatic N) is 1. The van der Waals surface area contributed by atoms with E-state index in [4.69, 9.17) is 4.99 Å². The van der Waals surface area contributed by atoms with E-state index in [1.54, 1.807) is 0 Å². The molecule has 2 heteroatoms. The Hall–Kier alpha value is -2.53. The van der Waals surface area contributed by atoms with E-state index < -0.39 is 0 Å². The summed E-state index contributed by atoms with van der Waals surface area (Å²) in [5, 5.41) is 3.50. The van der Waals surface area contributed by atoms with Crippen LogP contribution in [-0.4, -0.2) is 5.71 Å². The van der Waals surface area contributed by atoms with E-state index in [1.807, 2.05) is 13.8 Å². The molecule has 0 radical (unpaired) electrons. The quantitative estimate of drug-likeness (QED) is 0.611. The van der Waals surface area contributed by atoms with Gasteiger partial charge in [0.05, 0.1) is 5.69 Å². The van der Waals surface area contributed by atoms with Gasteiger partial charge in [-0.25, -0.2) is 0 Å². The van der Waals surface area contributed by atoms with Crippen molar-refractivity contribution in [3.05, 3.63) is 71.4 Å². The zero-order valence-electron chi connectivity index (χ0n) is 16.2. The molecule has 0 amide bonds. The number of hydrogen-bond donors (Lipinski definition) is 1. The largest absolute Gasteiger partial charge is 0.359 e. The van der Waals surface area contributed by atoms with E-state index in [2.05, 4.69) is 61.3 Å². The molecule has 26 heavy (non-hydrogen) atoms. The average molecular weight is 345 g/mol. The molecule has 2 aromatic carbocycles. The first-order chi connectivity index (χ1) is 12.5. The Balaban J connectivity index is 1.69. The molecule has 3 rings (SSSR count). The smallest absolute Gasteiger partial charge is 0.0754 e. The number of aryl methyl sites for hydroxylation is 1. The summed E-state index contributed by atoms with van der Waals surface area (Å²) in [5.41, 5.74) is 7.44. The molecule has 1 fully saturated rings. The van der Waals surface area contributed by atoms with Gasteiger partial charge in [0.25, 0.3) is 0 Å². The molecule has 0 saturated heterocycles. The van der Waals surface area contributed by atoms with Crippen LogP contribution >= 0.6 is 0 Å². The van der Waals surface area contributed by atoms with Gasteiger partial charge < -0.3 is 5.32 Å². The van der Waals surface area contributed by atoms with Gasteiger partial charge in [-0.15, -0.1) is 0 Å². The number of benzene rings is 1. The van der Waals surface area contributed by atoms with Crippen molar-refractivity contribution in [2.24, 2.45) is 10.9 Å². The number of anilines is 1. The summed E-state index contributed by atoms with van der Waals surface area (Å²) in [6.45, 7) is 10.4. The molecule has 134 valence electrons. The molecule has 0 atom stereocenters. The van der Waals surface area contributed by atoms with Gasteiger partial charge in [-0.3, -0.25) is 4.99 Å². The van der Waals surface area contributed by atoms with Crippen molar-refractivity contribution >= 4 is 17.1 Å². The van der Waals surface area contributed by atoms with Gasteiger partial charge in [-0.05, 0) is 63.3 Å². The maximum atomic E-state index is 4.78. The highest BCUT2D eigenvalue weighted by atomic mass is 14.9. The molecule has 0 aromatic heterocycles. The Bertz CT molecular complexity index is 793. The second kappa shape index (κ2) is 8.23. The lowest BCUT2D eigenvalue weighted by molar-refractivity contribution is 0.405. The van der Waals surface area contributed by atoms with Crippen molar-refractivity contribution in [3.63, 3.8) is 0 Å². The number of aliphatic imine (C=N–C) groups is 1. The highest BCUT2D eigenvalue weighted by Gasteiger charge is 2.16. The van der Waals surface area contributed by atoms with E-state index in [0.29, 0.717) is 5.92 Å². The van der Waals surface area contributed by atoms with Crippen LogP contribution in [0.5, 0.6) is 0 Å². The lowest BCUT2D eigenvalue weighted by Crippen LogP contribution is -2.14. The molecule has 1 N–H and O–H groups in total. The van der Waals surface area contributed by atoms with Gasteiger partial charge in [0.1, 0.15) is 0 Å². The summed E-state index contributed by atoms with van der Waals surface area (Å²) < 4.78 is 0. The fourth-order valence-corrected chi connectivity index (χ4v) is 3.50. The topological polar surface area (TPSA) is 24.4 Å². The molecule has 2 aromatic rings. The van der Waals surface area contributed by atoms with Gasteiger partial charge in [0, 0.05) is 28.2 Å². The number of hydrogen-bond acceptors (Lipinski definition) is 2. The second-order valence-corrected chi connectivity index (χ2v) is 7.35. The van der Waals surface area contributed by atoms with Crippen molar-refractivity contribution in [1.29, 1.82) is 0 Å². The van der Waals surface area contributed by atoms with Crippen LogP contribution in [0.4, 0.5) is 11.4 Å². The summed E-state index contributed by atoms with van der Waals surface area (Å²) in [4.78, 5) is 4.78. The van der Waals surface area contributed by atoms with Crippen LogP contribution in [-0.2, 0) is 0 Å². The zero-order chi connectivity index (χ0) is 18.5. The van der Waals surface area contributed by atoms with Crippen molar-refractivity contribution in [2.45, 2.75) is 52.9 Å². The summed E-state index contributed by atoms with van der Waals surface area (Å²) in [6, 6.07) is 16.8. The molecule has 1 aliphatic carbocycles. The first-order valence-corrected chi connectivity index (χ1v) is 9.55. The predicted octanol–water partition coefficient (Wildman–Crippen LogP) is 6.55. The van der Waals surface area contributed by atoms with Gasteiger partial charge in [-0.2, -0.15) is 0 Å². The minimum Gasteiger partial charge on any atom is -0.359 e. The molecule has 1 saturated carbocycles. The van der Waals surface area contributed by atoms with E-state index >= 15 is 0 Å². The second-order valence-electron chi connectivity index (χ2n) is 7.35. The third kappa shape index (κ3) is 4.55. The molecule has 2 nitrogen and oxygen atoms in total. The van der Waals surface area contributed by atoms with E-state index in [0.717, 1.165) is 39.5 Å². The van der Waals surface area contributed by atoms with Crippen LogP contribution in [0.3, 0.4) is 0 Å². The van der Waals surface area contributed by atoms with Crippen molar-refractivity contribution < 1.29 is 0 Å². The fraction of sp³-hybridized carbons (Fsp3) is 0.375. The minimum atomic E-state index is 0.615. The lowest BCUT2D eigenvalue weighted by atomic mass is 9.87. The normalized spacial score (nSPS) is 15.4. The summed E-state index contributed by atoms with van der Waals surface area (Å²) >= 11 is 0. The van der Waals surface area contributed by atoms with Crippen LogP contribution in [0.2, 0.25) is 0 Å². The minimum absolute atomic E-state index is 0.615. The summed E-state index contributed by atoms with van der Waals surface area (Å²) in [7, 11) is 0. The van der Waals surface area contributed by atoms with Crippen molar-refractivity contribution in [1.82, 2.24) is 0 Å². The van der Waals surface area contributed by atoms with Crippen molar-refractivity contribution in [3.8, 4) is 0 Å². The van der Waals surface area contributed by atoms with Crippen LogP contribution in [0, 0.1) is 31.9 Å². The van der Waals surface area contributed by atoms with Crippen LogP contribution < -0.4 is 5.32 Å². The maximum absolute atomic E-state index is 4.78. The Kier molecular flexibility index (Phi) is 5.78. The van der Waals surface area contributed by atoms with Crippen LogP contribution in [0.25, 0.3) is 0 Å². The van der Waals surface area contributed by atoms with Gasteiger partial charge in [-0.1, -0.05) is 50.1 Å². The van der Waals surface area contributed by atoms with E-state index in [9.17, 15) is 0 Å². The zero-order valence-corrected chi connectivity index (χ0v) is 16.2. The highest BCUT2D eigenvalue weighted by Crippen LogP contribution is 2.29. The third-order valence-corrected chi connectivity index (χ3v) is 5.18. The first kappa shape index (κ1) is 18.3. The molecule has 0 bridgehead atoms. The summed E-state index contributed by atoms with van der Waals surface area (Å²) in [6.07, 6.45) is 6.55. The fourth-order valence-electron chi connectivity index (χ4n) is 3.50. The van der Waals surface area contributed by atoms with Gasteiger partial charge >= 0.3 is 0 Å². The molecule has 0 unspecified atom stereocenters. The molecule has 0 aliphatic heterocycles. The SMILES string of the molecule is C=C(Nc1ccc(C(C)=Nc2cc(C)c#cc2C)cc1)C1CCCCC1. The highest BCUT2D eigenvalue weighted by molar-refractivity contribution is 6.00. The number of rotatable bonds is 5. The third-order valence-electron chi connectivity index (χ3n) is 5.18. The van der Waals surface area contributed by atoms with Gasteiger partial charge in [0.2, 0.25) is 0 Å². The molecular formula is C24H28N2. The Morgan fingerprint density at radius 3 is 2.46 bits per heavy atom. The van der Waals surface area contributed by atoms with Crippen LogP contribution in [0.1, 0.15) is 55.7 Å². The van der Waals surface area contributed by atoms with Crippen LogP contribution in [0.15, 0.2) is 47.6 Å². The monoisotopic (exact) mass is 344 g/mol. The molecule has 1 aliphatic rings. The van der Waals surface area contributed by atoms with Crippen molar-refractivity contribution in [2.75, 3.05) is 5.32 Å². The Morgan fingerprint density at radius 2 is 1.77 bits per heavy atom. The van der Waals surface area contributed by atoms with E-state index in [-0.39, 0.29) is 0 Å². The van der Waals surface area contributed by atoms with Gasteiger partial charge in [0.15, 0.2) is 0 Å². The maximum Gasteiger partial charge on any atom is 0.0754 e. The first-order valence-electron chi connectivity index (χ1n) is 9.55. The Labute approximate surface area is 158 Å². The predicted molar refractivity (Wildman–Crippen MR) is 111 cm³/mol. The van der Waals surface area contributed by atoms with E-state index in [1.165, 1.54) is 32.1 Å². The standard InChI is InChI=1S/C24H28N2/c1-17-10-11-18(2)24(16-17)26-20(4)22-12-14-23(15-13-22)25-19(3)21-8-6-5-7-9-21/h12-16,21,25H,3,5-9H2,1-2,4H3. The lowest BCUT2D eigenvalue weighted by Gasteiger charge is -2.24. The molecule has 0 heterocycles. The average Bonchev–Trinajstić information content (AvgIpc) is 2.66.